The fraction of sp³-hybridized carbons (Fsp3) is 0.188. The lowest BCUT2D eigenvalue weighted by atomic mass is 10.3. The fourth-order valence-corrected chi connectivity index (χ4v) is 5.21. The molecule has 0 fully saturated rings. The Morgan fingerprint density at radius 2 is 1.81 bits per heavy atom. The number of hydrogen-bond donors (Lipinski definition) is 0. The molecule has 0 amide bonds. The van der Waals surface area contributed by atoms with Crippen LogP contribution in [0.1, 0.15) is 0 Å². The molecule has 26 heavy (non-hydrogen) atoms. The number of rotatable bonds is 5. The molecule has 0 aliphatic heterocycles. The van der Waals surface area contributed by atoms with E-state index in [4.69, 9.17) is 27.9 Å². The van der Waals surface area contributed by atoms with E-state index in [1.165, 1.54) is 19.2 Å². The van der Waals surface area contributed by atoms with Gasteiger partial charge in [-0.25, -0.2) is 4.39 Å². The monoisotopic (exact) mass is 434 g/mol. The van der Waals surface area contributed by atoms with Crippen molar-refractivity contribution in [2.75, 3.05) is 13.7 Å². The third-order valence-corrected chi connectivity index (χ3v) is 6.80. The summed E-state index contributed by atoms with van der Waals surface area (Å²) in [5.41, 5.74) is 0.592. The van der Waals surface area contributed by atoms with E-state index in [2.05, 4.69) is 4.40 Å². The largest absolute Gasteiger partial charge is 0.383 e. The van der Waals surface area contributed by atoms with Crippen LogP contribution in [-0.2, 0) is 21.3 Å². The van der Waals surface area contributed by atoms with Crippen LogP contribution in [0.2, 0.25) is 10.0 Å². The number of benzene rings is 2. The molecule has 0 spiro atoms. The minimum Gasteiger partial charge on any atom is -0.383 e. The molecule has 0 bridgehead atoms. The molecule has 3 rings (SSSR count). The predicted molar refractivity (Wildman–Crippen MR) is 101 cm³/mol. The first-order valence-corrected chi connectivity index (χ1v) is 10.4. The van der Waals surface area contributed by atoms with Crippen LogP contribution in [0.4, 0.5) is 4.39 Å². The smallest absolute Gasteiger partial charge is 0.285 e. The number of nitrogens with zero attached hydrogens (tertiary/aromatic N) is 2. The standard InChI is InChI=1S/C16H13Cl2FN2O3S2/c1-24-9-8-21-14-12(17)6-7-13(18)15(14)25-16(21)20-26(22,23)11-4-2-10(19)3-5-11/h2-7H,8-9H2,1H3/b20-16-. The zero-order chi connectivity index (χ0) is 18.9. The molecule has 3 aromatic rings. The second kappa shape index (κ2) is 7.66. The molecule has 0 aliphatic rings. The van der Waals surface area contributed by atoms with Crippen LogP contribution in [0.5, 0.6) is 0 Å². The van der Waals surface area contributed by atoms with Crippen molar-refractivity contribution in [2.45, 2.75) is 11.4 Å². The number of sulfonamides is 1. The number of aromatic nitrogens is 1. The Morgan fingerprint density at radius 1 is 1.15 bits per heavy atom. The lowest BCUT2D eigenvalue weighted by Crippen LogP contribution is -2.19. The molecule has 0 N–H and O–H groups in total. The SMILES string of the molecule is COCCn1/c(=N/S(=O)(=O)c2ccc(F)cc2)sc2c(Cl)ccc(Cl)c21. The van der Waals surface area contributed by atoms with Crippen LogP contribution in [0, 0.1) is 5.82 Å². The Bertz CT molecular complexity index is 1120. The maximum atomic E-state index is 13.1. The molecule has 2 aromatic carbocycles. The highest BCUT2D eigenvalue weighted by atomic mass is 35.5. The number of fused-ring (bicyclic) bond motifs is 1. The van der Waals surface area contributed by atoms with Gasteiger partial charge < -0.3 is 9.30 Å². The average molecular weight is 435 g/mol. The Labute approximate surface area is 163 Å². The van der Waals surface area contributed by atoms with Gasteiger partial charge in [-0.3, -0.25) is 0 Å². The van der Waals surface area contributed by atoms with Gasteiger partial charge in [0.1, 0.15) is 5.82 Å². The van der Waals surface area contributed by atoms with Gasteiger partial charge in [0.05, 0.1) is 31.8 Å². The van der Waals surface area contributed by atoms with E-state index in [-0.39, 0.29) is 9.70 Å². The van der Waals surface area contributed by atoms with Crippen LogP contribution in [-0.4, -0.2) is 26.7 Å². The van der Waals surface area contributed by atoms with Crippen LogP contribution in [0.25, 0.3) is 10.2 Å². The summed E-state index contributed by atoms with van der Waals surface area (Å²) in [6, 6.07) is 7.75. The molecule has 0 saturated carbocycles. The van der Waals surface area contributed by atoms with Gasteiger partial charge in [0, 0.05) is 13.7 Å². The molecule has 0 aliphatic carbocycles. The topological polar surface area (TPSA) is 60.7 Å². The molecule has 0 radical (unpaired) electrons. The van der Waals surface area contributed by atoms with Gasteiger partial charge in [0.2, 0.25) is 4.80 Å². The summed E-state index contributed by atoms with van der Waals surface area (Å²) in [7, 11) is -2.49. The average Bonchev–Trinajstić information content (AvgIpc) is 2.95. The van der Waals surface area contributed by atoms with Crippen molar-refractivity contribution >= 4 is 54.8 Å². The van der Waals surface area contributed by atoms with Gasteiger partial charge in [-0.1, -0.05) is 34.5 Å². The summed E-state index contributed by atoms with van der Waals surface area (Å²) in [5, 5.41) is 0.874. The van der Waals surface area contributed by atoms with E-state index in [1.807, 2.05) is 0 Å². The number of methoxy groups -OCH3 is 1. The van der Waals surface area contributed by atoms with Gasteiger partial charge in [-0.05, 0) is 36.4 Å². The maximum Gasteiger partial charge on any atom is 0.285 e. The third kappa shape index (κ3) is 3.79. The lowest BCUT2D eigenvalue weighted by Gasteiger charge is -2.06. The number of halogens is 3. The second-order valence-corrected chi connectivity index (χ2v) is 8.65. The Kier molecular flexibility index (Phi) is 5.69. The highest BCUT2D eigenvalue weighted by Crippen LogP contribution is 2.32. The Balaban J connectivity index is 2.26. The minimum atomic E-state index is -4.03. The van der Waals surface area contributed by atoms with E-state index in [0.717, 1.165) is 23.5 Å². The molecule has 1 aromatic heterocycles. The maximum absolute atomic E-state index is 13.1. The quantitative estimate of drug-likeness (QED) is 0.607. The van der Waals surface area contributed by atoms with Crippen molar-refractivity contribution in [2.24, 2.45) is 4.40 Å². The summed E-state index contributed by atoms with van der Waals surface area (Å²) in [4.78, 5) is 0.100. The van der Waals surface area contributed by atoms with Crippen molar-refractivity contribution < 1.29 is 17.5 Å². The molecule has 0 unspecified atom stereocenters. The summed E-state index contributed by atoms with van der Waals surface area (Å²) in [5.74, 6) is -0.528. The molecular weight excluding hydrogens is 422 g/mol. The van der Waals surface area contributed by atoms with Crippen molar-refractivity contribution in [3.8, 4) is 0 Å². The fourth-order valence-electron chi connectivity index (χ4n) is 2.33. The highest BCUT2D eigenvalue weighted by molar-refractivity contribution is 7.90. The van der Waals surface area contributed by atoms with Crippen LogP contribution >= 0.6 is 34.5 Å². The van der Waals surface area contributed by atoms with Crippen LogP contribution in [0.15, 0.2) is 45.7 Å². The Hall–Kier alpha value is -1.45. The minimum absolute atomic E-state index is 0.105. The third-order valence-electron chi connectivity index (χ3n) is 3.56. The van der Waals surface area contributed by atoms with Gasteiger partial charge in [-0.2, -0.15) is 8.42 Å². The first-order chi connectivity index (χ1) is 12.3. The van der Waals surface area contributed by atoms with E-state index in [1.54, 1.807) is 16.7 Å². The van der Waals surface area contributed by atoms with Crippen LogP contribution in [0.3, 0.4) is 0 Å². The number of hydrogen-bond acceptors (Lipinski definition) is 4. The normalized spacial score (nSPS) is 12.8. The number of ether oxygens (including phenoxy) is 1. The van der Waals surface area contributed by atoms with Crippen molar-refractivity contribution in [3.63, 3.8) is 0 Å². The summed E-state index contributed by atoms with van der Waals surface area (Å²) in [6.07, 6.45) is 0. The van der Waals surface area contributed by atoms with Crippen molar-refractivity contribution in [1.82, 2.24) is 4.57 Å². The summed E-state index contributed by atoms with van der Waals surface area (Å²) < 4.78 is 49.5. The van der Waals surface area contributed by atoms with Gasteiger partial charge in [-0.15, -0.1) is 4.40 Å². The second-order valence-electron chi connectivity index (χ2n) is 5.26. The zero-order valence-corrected chi connectivity index (χ0v) is 16.6. The van der Waals surface area contributed by atoms with Gasteiger partial charge in [0.25, 0.3) is 10.0 Å². The molecular formula is C16H13Cl2FN2O3S2. The summed E-state index contributed by atoms with van der Waals surface area (Å²) in [6.45, 7) is 0.673. The van der Waals surface area contributed by atoms with Gasteiger partial charge >= 0.3 is 0 Å². The van der Waals surface area contributed by atoms with E-state index in [9.17, 15) is 12.8 Å². The molecule has 0 saturated heterocycles. The first-order valence-electron chi connectivity index (χ1n) is 7.36. The molecule has 10 heteroatoms. The van der Waals surface area contributed by atoms with E-state index in [0.29, 0.717) is 33.4 Å². The molecule has 1 heterocycles. The molecule has 5 nitrogen and oxygen atoms in total. The Morgan fingerprint density at radius 3 is 2.46 bits per heavy atom. The lowest BCUT2D eigenvalue weighted by molar-refractivity contribution is 0.187. The van der Waals surface area contributed by atoms with Crippen LogP contribution < -0.4 is 4.80 Å². The first kappa shape index (κ1) is 19.3. The van der Waals surface area contributed by atoms with Crippen molar-refractivity contribution in [1.29, 1.82) is 0 Å². The summed E-state index contributed by atoms with van der Waals surface area (Å²) >= 11 is 13.6. The van der Waals surface area contributed by atoms with Crippen molar-refractivity contribution in [3.05, 3.63) is 57.1 Å². The van der Waals surface area contributed by atoms with E-state index < -0.39 is 15.8 Å². The molecule has 0 atom stereocenters. The molecule has 138 valence electrons. The predicted octanol–water partition coefficient (Wildman–Crippen LogP) is 4.08. The number of thiazole rings is 1. The van der Waals surface area contributed by atoms with Gasteiger partial charge in [0.15, 0.2) is 0 Å². The zero-order valence-electron chi connectivity index (χ0n) is 13.4. The van der Waals surface area contributed by atoms with E-state index >= 15 is 0 Å². The highest BCUT2D eigenvalue weighted by Gasteiger charge is 2.17.